The summed E-state index contributed by atoms with van der Waals surface area (Å²) in [7, 11) is 1.91. The van der Waals surface area contributed by atoms with Crippen molar-refractivity contribution in [2.45, 2.75) is 26.5 Å². The van der Waals surface area contributed by atoms with Gasteiger partial charge in [-0.2, -0.15) is 0 Å². The molecule has 0 saturated carbocycles. The molecule has 1 aromatic carbocycles. The van der Waals surface area contributed by atoms with E-state index >= 15 is 0 Å². The van der Waals surface area contributed by atoms with Crippen molar-refractivity contribution in [1.82, 2.24) is 10.3 Å². The van der Waals surface area contributed by atoms with Crippen LogP contribution >= 0.6 is 11.6 Å². The van der Waals surface area contributed by atoms with Crippen molar-refractivity contribution in [3.05, 3.63) is 58.4 Å². The smallest absolute Gasteiger partial charge is 0.130 e. The Morgan fingerprint density at radius 2 is 2.00 bits per heavy atom. The van der Waals surface area contributed by atoms with Crippen LogP contribution in [0.5, 0.6) is 5.75 Å². The van der Waals surface area contributed by atoms with Gasteiger partial charge in [-0.15, -0.1) is 0 Å². The van der Waals surface area contributed by atoms with E-state index in [2.05, 4.69) is 17.2 Å². The van der Waals surface area contributed by atoms with Crippen molar-refractivity contribution in [2.24, 2.45) is 0 Å². The van der Waals surface area contributed by atoms with Crippen LogP contribution in [0, 0.1) is 0 Å². The van der Waals surface area contributed by atoms with E-state index in [1.54, 1.807) is 0 Å². The van der Waals surface area contributed by atoms with Crippen LogP contribution in [0.2, 0.25) is 5.02 Å². The molecule has 0 unspecified atom stereocenters. The van der Waals surface area contributed by atoms with Crippen LogP contribution in [0.4, 0.5) is 0 Å². The summed E-state index contributed by atoms with van der Waals surface area (Å²) in [5.74, 6) is 0.826. The molecule has 0 spiro atoms. The number of rotatable bonds is 6. The van der Waals surface area contributed by atoms with Crippen molar-refractivity contribution in [2.75, 3.05) is 7.05 Å². The molecule has 0 amide bonds. The van der Waals surface area contributed by atoms with Gasteiger partial charge in [0.2, 0.25) is 0 Å². The molecule has 2 aromatic rings. The molecule has 0 aliphatic carbocycles. The molecule has 0 saturated heterocycles. The molecule has 106 valence electrons. The summed E-state index contributed by atoms with van der Waals surface area (Å²) in [6, 6.07) is 11.7. The molecule has 4 heteroatoms. The molecule has 0 aliphatic rings. The minimum absolute atomic E-state index is 0.461. The van der Waals surface area contributed by atoms with Crippen LogP contribution < -0.4 is 10.1 Å². The fraction of sp³-hybridized carbons (Fsp3) is 0.312. The maximum absolute atomic E-state index is 6.09. The molecule has 20 heavy (non-hydrogen) atoms. The lowest BCUT2D eigenvalue weighted by molar-refractivity contribution is 0.300. The number of nitrogens with one attached hydrogen (secondary N) is 1. The highest BCUT2D eigenvalue weighted by Crippen LogP contribution is 2.23. The van der Waals surface area contributed by atoms with E-state index in [9.17, 15) is 0 Å². The largest absolute Gasteiger partial charge is 0.487 e. The van der Waals surface area contributed by atoms with Gasteiger partial charge in [-0.3, -0.25) is 4.98 Å². The SMILES string of the molecule is CCc1cc(OCc2cccc(CNC)n2)ccc1Cl. The Hall–Kier alpha value is -1.58. The van der Waals surface area contributed by atoms with Gasteiger partial charge in [0.05, 0.1) is 11.4 Å². The molecular weight excluding hydrogens is 272 g/mol. The first-order valence-electron chi connectivity index (χ1n) is 6.73. The molecule has 1 N–H and O–H groups in total. The second-order valence-corrected chi connectivity index (χ2v) is 4.95. The third-order valence-electron chi connectivity index (χ3n) is 3.01. The Kier molecular flexibility index (Phi) is 5.39. The number of ether oxygens (including phenoxy) is 1. The number of pyridine rings is 1. The van der Waals surface area contributed by atoms with Crippen LogP contribution in [0.15, 0.2) is 36.4 Å². The molecule has 3 nitrogen and oxygen atoms in total. The number of aryl methyl sites for hydroxylation is 1. The molecular formula is C16H19ClN2O. The third kappa shape index (κ3) is 3.95. The third-order valence-corrected chi connectivity index (χ3v) is 3.38. The highest BCUT2D eigenvalue weighted by Gasteiger charge is 2.03. The van der Waals surface area contributed by atoms with E-state index in [0.717, 1.165) is 40.7 Å². The van der Waals surface area contributed by atoms with Crippen molar-refractivity contribution < 1.29 is 4.74 Å². The van der Waals surface area contributed by atoms with E-state index in [1.165, 1.54) is 0 Å². The van der Waals surface area contributed by atoms with E-state index in [1.807, 2.05) is 43.4 Å². The number of hydrogen-bond acceptors (Lipinski definition) is 3. The van der Waals surface area contributed by atoms with Crippen LogP contribution in [-0.2, 0) is 19.6 Å². The first kappa shape index (κ1) is 14.8. The lowest BCUT2D eigenvalue weighted by atomic mass is 10.1. The molecule has 1 heterocycles. The summed E-state index contributed by atoms with van der Waals surface area (Å²) in [6.07, 6.45) is 0.895. The highest BCUT2D eigenvalue weighted by molar-refractivity contribution is 6.31. The minimum Gasteiger partial charge on any atom is -0.487 e. The van der Waals surface area contributed by atoms with Gasteiger partial charge in [-0.1, -0.05) is 24.6 Å². The van der Waals surface area contributed by atoms with E-state index in [4.69, 9.17) is 16.3 Å². The zero-order valence-corrected chi connectivity index (χ0v) is 12.6. The van der Waals surface area contributed by atoms with Gasteiger partial charge in [0.15, 0.2) is 0 Å². The number of benzene rings is 1. The summed E-state index contributed by atoms with van der Waals surface area (Å²) in [4.78, 5) is 4.52. The Morgan fingerprint density at radius 1 is 1.20 bits per heavy atom. The van der Waals surface area contributed by atoms with Crippen molar-refractivity contribution in [3.63, 3.8) is 0 Å². The van der Waals surface area contributed by atoms with Crippen LogP contribution in [0.3, 0.4) is 0 Å². The van der Waals surface area contributed by atoms with Crippen LogP contribution in [-0.4, -0.2) is 12.0 Å². The lowest BCUT2D eigenvalue weighted by Gasteiger charge is -2.09. The maximum atomic E-state index is 6.09. The summed E-state index contributed by atoms with van der Waals surface area (Å²) in [6.45, 7) is 3.30. The molecule has 0 aliphatic heterocycles. The monoisotopic (exact) mass is 290 g/mol. The average molecular weight is 291 g/mol. The quantitative estimate of drug-likeness (QED) is 0.883. The van der Waals surface area contributed by atoms with Gasteiger partial charge >= 0.3 is 0 Å². The van der Waals surface area contributed by atoms with Crippen molar-refractivity contribution in [1.29, 1.82) is 0 Å². The van der Waals surface area contributed by atoms with Crippen LogP contribution in [0.25, 0.3) is 0 Å². The van der Waals surface area contributed by atoms with Gasteiger partial charge in [0.1, 0.15) is 12.4 Å². The van der Waals surface area contributed by atoms with E-state index in [0.29, 0.717) is 6.61 Å². The zero-order chi connectivity index (χ0) is 14.4. The van der Waals surface area contributed by atoms with E-state index < -0.39 is 0 Å². The second kappa shape index (κ2) is 7.27. The normalized spacial score (nSPS) is 10.6. The summed E-state index contributed by atoms with van der Waals surface area (Å²) < 4.78 is 5.78. The summed E-state index contributed by atoms with van der Waals surface area (Å²) >= 11 is 6.09. The highest BCUT2D eigenvalue weighted by atomic mass is 35.5. The van der Waals surface area contributed by atoms with Gasteiger partial charge < -0.3 is 10.1 Å². The van der Waals surface area contributed by atoms with Crippen LogP contribution in [0.1, 0.15) is 23.9 Å². The first-order chi connectivity index (χ1) is 9.72. The second-order valence-electron chi connectivity index (χ2n) is 4.55. The summed E-state index contributed by atoms with van der Waals surface area (Å²) in [5.41, 5.74) is 3.03. The first-order valence-corrected chi connectivity index (χ1v) is 7.11. The number of halogens is 1. The zero-order valence-electron chi connectivity index (χ0n) is 11.8. The lowest BCUT2D eigenvalue weighted by Crippen LogP contribution is -2.08. The fourth-order valence-electron chi connectivity index (χ4n) is 1.96. The van der Waals surface area contributed by atoms with Gasteiger partial charge in [-0.05, 0) is 49.4 Å². The Labute approximate surface area is 124 Å². The molecule has 0 radical (unpaired) electrons. The number of nitrogens with zero attached hydrogens (tertiary/aromatic N) is 1. The predicted octanol–water partition coefficient (Wildman–Crippen LogP) is 3.60. The Balaban J connectivity index is 2.03. The molecule has 0 bridgehead atoms. The number of hydrogen-bond donors (Lipinski definition) is 1. The molecule has 1 aromatic heterocycles. The Bertz CT molecular complexity index is 572. The average Bonchev–Trinajstić information content (AvgIpc) is 2.47. The minimum atomic E-state index is 0.461. The van der Waals surface area contributed by atoms with Gasteiger partial charge in [0.25, 0.3) is 0 Å². The van der Waals surface area contributed by atoms with Gasteiger partial charge in [-0.25, -0.2) is 0 Å². The number of aromatic nitrogens is 1. The maximum Gasteiger partial charge on any atom is 0.130 e. The standard InChI is InChI=1S/C16H19ClN2O/c1-3-12-9-15(7-8-16(12)17)20-11-14-6-4-5-13(19-14)10-18-2/h4-9,18H,3,10-11H2,1-2H3. The molecule has 0 atom stereocenters. The Morgan fingerprint density at radius 3 is 2.75 bits per heavy atom. The van der Waals surface area contributed by atoms with Crippen molar-refractivity contribution in [3.8, 4) is 5.75 Å². The molecule has 0 fully saturated rings. The topological polar surface area (TPSA) is 34.1 Å². The fourth-order valence-corrected chi connectivity index (χ4v) is 2.21. The summed E-state index contributed by atoms with van der Waals surface area (Å²) in [5, 5.41) is 3.87. The van der Waals surface area contributed by atoms with Crippen molar-refractivity contribution >= 4 is 11.6 Å². The predicted molar refractivity (Wildman–Crippen MR) is 82.2 cm³/mol. The van der Waals surface area contributed by atoms with Gasteiger partial charge in [0, 0.05) is 11.6 Å². The van der Waals surface area contributed by atoms with E-state index in [-0.39, 0.29) is 0 Å². The molecule has 2 rings (SSSR count).